The molecule has 230 valence electrons. The predicted octanol–water partition coefficient (Wildman–Crippen LogP) is 11.0. The molecule has 0 unspecified atom stereocenters. The van der Waals surface area contributed by atoms with Crippen molar-refractivity contribution in [2.75, 3.05) is 13.2 Å². The second-order valence-corrected chi connectivity index (χ2v) is 12.3. The summed E-state index contributed by atoms with van der Waals surface area (Å²) in [6.45, 7) is 6.09. The van der Waals surface area contributed by atoms with Crippen molar-refractivity contribution in [1.82, 2.24) is 4.98 Å². The van der Waals surface area contributed by atoms with E-state index >= 15 is 0 Å². The van der Waals surface area contributed by atoms with Gasteiger partial charge in [-0.25, -0.2) is 4.98 Å². The summed E-state index contributed by atoms with van der Waals surface area (Å²) in [6.07, 6.45) is 22.7. The highest BCUT2D eigenvalue weighted by Crippen LogP contribution is 2.16. The van der Waals surface area contributed by atoms with Gasteiger partial charge in [0.15, 0.2) is 5.01 Å². The monoisotopic (exact) mass is 597 g/mol. The Balaban J connectivity index is 1.33. The molecule has 0 aliphatic rings. The summed E-state index contributed by atoms with van der Waals surface area (Å²) < 4.78 is 11.8. The topological polar surface area (TPSA) is 31.4 Å². The van der Waals surface area contributed by atoms with Crippen molar-refractivity contribution in [3.05, 3.63) is 75.7 Å². The van der Waals surface area contributed by atoms with Gasteiger partial charge in [0.25, 0.3) is 0 Å². The van der Waals surface area contributed by atoms with Crippen LogP contribution >= 0.6 is 11.3 Å². The molecule has 0 saturated heterocycles. The normalized spacial score (nSPS) is 10.5. The zero-order valence-electron chi connectivity index (χ0n) is 26.6. The maximum absolute atomic E-state index is 5.91. The number of unbranched alkanes of at least 4 members (excludes halogenated alkanes) is 14. The summed E-state index contributed by atoms with van der Waals surface area (Å²) in [5.74, 6) is 14.6. The van der Waals surface area contributed by atoms with Gasteiger partial charge in [0.2, 0.25) is 0 Å². The third-order valence-corrected chi connectivity index (χ3v) is 8.22. The molecule has 0 aliphatic carbocycles. The van der Waals surface area contributed by atoms with Gasteiger partial charge in [-0.2, -0.15) is 0 Å². The van der Waals surface area contributed by atoms with Crippen LogP contribution in [-0.4, -0.2) is 18.2 Å². The van der Waals surface area contributed by atoms with Gasteiger partial charge >= 0.3 is 0 Å². The fraction of sp³-hybridized carbons (Fsp3) is 0.513. The summed E-state index contributed by atoms with van der Waals surface area (Å²) in [4.78, 5) is 5.34. The molecule has 0 bridgehead atoms. The quantitative estimate of drug-likeness (QED) is 0.0959. The highest BCUT2D eigenvalue weighted by Gasteiger charge is 1.99. The molecule has 3 nitrogen and oxygen atoms in total. The van der Waals surface area contributed by atoms with Crippen molar-refractivity contribution >= 4 is 11.3 Å². The summed E-state index contributed by atoms with van der Waals surface area (Å²) in [5.41, 5.74) is 1.91. The van der Waals surface area contributed by atoms with Crippen molar-refractivity contribution in [3.63, 3.8) is 0 Å². The lowest BCUT2D eigenvalue weighted by atomic mass is 10.1. The van der Waals surface area contributed by atoms with Crippen LogP contribution in [0.2, 0.25) is 0 Å². The van der Waals surface area contributed by atoms with Crippen molar-refractivity contribution < 1.29 is 9.47 Å². The van der Waals surface area contributed by atoms with E-state index in [-0.39, 0.29) is 0 Å². The minimum Gasteiger partial charge on any atom is -0.494 e. The van der Waals surface area contributed by atoms with E-state index in [2.05, 4.69) is 42.5 Å². The van der Waals surface area contributed by atoms with E-state index in [0.717, 1.165) is 58.6 Å². The molecule has 0 atom stereocenters. The zero-order valence-corrected chi connectivity index (χ0v) is 27.4. The van der Waals surface area contributed by atoms with E-state index in [1.54, 1.807) is 6.20 Å². The highest BCUT2D eigenvalue weighted by molar-refractivity contribution is 7.12. The molecule has 0 N–H and O–H groups in total. The van der Waals surface area contributed by atoms with Crippen molar-refractivity contribution in [2.24, 2.45) is 0 Å². The maximum Gasteiger partial charge on any atom is 0.168 e. The summed E-state index contributed by atoms with van der Waals surface area (Å²) in [7, 11) is 0. The lowest BCUT2D eigenvalue weighted by Crippen LogP contribution is -1.97. The largest absolute Gasteiger partial charge is 0.494 e. The fourth-order valence-corrected chi connectivity index (χ4v) is 5.39. The number of hydrogen-bond acceptors (Lipinski definition) is 4. The minimum absolute atomic E-state index is 0.768. The number of hydrogen-bond donors (Lipinski definition) is 0. The Morgan fingerprint density at radius 3 is 1.40 bits per heavy atom. The third kappa shape index (κ3) is 15.7. The second kappa shape index (κ2) is 22.3. The van der Waals surface area contributed by atoms with Gasteiger partial charge < -0.3 is 9.47 Å². The molecule has 0 fully saturated rings. The van der Waals surface area contributed by atoms with Crippen LogP contribution in [-0.2, 0) is 0 Å². The first kappa shape index (κ1) is 34.3. The molecule has 0 spiro atoms. The van der Waals surface area contributed by atoms with Crippen LogP contribution in [0, 0.1) is 23.7 Å². The van der Waals surface area contributed by atoms with E-state index in [9.17, 15) is 0 Å². The molecule has 0 radical (unpaired) electrons. The average molecular weight is 598 g/mol. The SMILES string of the molecule is CCCCCCCCCCOc1ccc(C#Cc2cnc(C#Cc3ccc(OCCCCCCCCCC)cc3)s2)cc1. The average Bonchev–Trinajstić information content (AvgIpc) is 3.50. The van der Waals surface area contributed by atoms with Gasteiger partial charge in [-0.05, 0) is 73.2 Å². The molecule has 1 aromatic heterocycles. The predicted molar refractivity (Wildman–Crippen MR) is 183 cm³/mol. The molecule has 43 heavy (non-hydrogen) atoms. The number of nitrogens with zero attached hydrogens (tertiary/aromatic N) is 1. The minimum atomic E-state index is 0.768. The first-order valence-corrected chi connectivity index (χ1v) is 17.5. The first-order chi connectivity index (χ1) is 21.3. The Hall–Kier alpha value is -3.21. The summed E-state index contributed by atoms with van der Waals surface area (Å²) in [6, 6.07) is 16.1. The first-order valence-electron chi connectivity index (χ1n) is 16.7. The highest BCUT2D eigenvalue weighted by atomic mass is 32.1. The number of rotatable bonds is 20. The molecule has 0 aliphatic heterocycles. The van der Waals surface area contributed by atoms with Crippen LogP contribution in [0.3, 0.4) is 0 Å². The van der Waals surface area contributed by atoms with E-state index < -0.39 is 0 Å². The molecule has 1 heterocycles. The van der Waals surface area contributed by atoms with Crippen molar-refractivity contribution in [2.45, 2.75) is 117 Å². The van der Waals surface area contributed by atoms with Gasteiger partial charge in [0.1, 0.15) is 11.5 Å². The number of ether oxygens (including phenoxy) is 2. The lowest BCUT2D eigenvalue weighted by Gasteiger charge is -2.06. The molecular weight excluding hydrogens is 547 g/mol. The Bertz CT molecular complexity index is 1160. The van der Waals surface area contributed by atoms with Crippen LogP contribution in [0.1, 0.15) is 138 Å². The Kier molecular flexibility index (Phi) is 17.8. The van der Waals surface area contributed by atoms with Gasteiger partial charge in [-0.3, -0.25) is 0 Å². The number of benzene rings is 2. The lowest BCUT2D eigenvalue weighted by molar-refractivity contribution is 0.304. The maximum atomic E-state index is 5.91. The summed E-state index contributed by atoms with van der Waals surface area (Å²) >= 11 is 1.52. The smallest absolute Gasteiger partial charge is 0.168 e. The van der Waals surface area contributed by atoms with E-state index in [1.165, 1.54) is 101 Å². The van der Waals surface area contributed by atoms with Gasteiger partial charge in [-0.1, -0.05) is 127 Å². The van der Waals surface area contributed by atoms with Crippen LogP contribution in [0.15, 0.2) is 54.7 Å². The molecule has 0 amide bonds. The molecule has 2 aromatic carbocycles. The standard InChI is InChI=1S/C39H51NO2S/c1-3-5-7-9-11-13-15-17-31-41-36-25-19-34(20-26-36)23-29-38-33-40-39(43-38)30-24-35-21-27-37(28-22-35)42-32-18-16-14-12-10-8-6-4-2/h19-22,25-28,33H,3-18,31-32H2,1-2H3. The van der Waals surface area contributed by atoms with Crippen molar-refractivity contribution in [3.8, 4) is 35.2 Å². The zero-order chi connectivity index (χ0) is 30.2. The van der Waals surface area contributed by atoms with Crippen LogP contribution < -0.4 is 9.47 Å². The molecule has 3 aromatic rings. The van der Waals surface area contributed by atoms with Gasteiger partial charge in [-0.15, -0.1) is 0 Å². The molecular formula is C39H51NO2S. The van der Waals surface area contributed by atoms with Gasteiger partial charge in [0.05, 0.1) is 24.3 Å². The van der Waals surface area contributed by atoms with E-state index in [0.29, 0.717) is 0 Å². The van der Waals surface area contributed by atoms with Crippen molar-refractivity contribution in [1.29, 1.82) is 0 Å². The molecule has 4 heteroatoms. The van der Waals surface area contributed by atoms with Crippen LogP contribution in [0.25, 0.3) is 0 Å². The van der Waals surface area contributed by atoms with E-state index in [4.69, 9.17) is 9.47 Å². The fourth-order valence-electron chi connectivity index (χ4n) is 4.77. The van der Waals surface area contributed by atoms with Crippen LogP contribution in [0.5, 0.6) is 11.5 Å². The third-order valence-electron chi connectivity index (χ3n) is 7.39. The Labute approximate surface area is 265 Å². The molecule has 3 rings (SSSR count). The Morgan fingerprint density at radius 2 is 0.930 bits per heavy atom. The van der Waals surface area contributed by atoms with E-state index in [1.807, 2.05) is 48.5 Å². The van der Waals surface area contributed by atoms with Gasteiger partial charge in [0, 0.05) is 11.1 Å². The number of thiazole rings is 1. The summed E-state index contributed by atoms with van der Waals surface area (Å²) in [5, 5.41) is 0.768. The van der Waals surface area contributed by atoms with Crippen LogP contribution in [0.4, 0.5) is 0 Å². The second-order valence-electron chi connectivity index (χ2n) is 11.2. The number of aromatic nitrogens is 1. The Morgan fingerprint density at radius 1 is 0.512 bits per heavy atom. The molecule has 0 saturated carbocycles.